The van der Waals surface area contributed by atoms with Crippen molar-refractivity contribution in [1.82, 2.24) is 15.2 Å². The number of carbonyl (C=O) groups excluding carboxylic acids is 2. The molecule has 1 saturated heterocycles. The number of anilines is 1. The maximum absolute atomic E-state index is 12.5. The summed E-state index contributed by atoms with van der Waals surface area (Å²) in [7, 11) is 1.68. The van der Waals surface area contributed by atoms with Gasteiger partial charge in [-0.2, -0.15) is 0 Å². The van der Waals surface area contributed by atoms with Crippen LogP contribution < -0.4 is 15.4 Å². The third-order valence-electron chi connectivity index (χ3n) is 5.71. The maximum atomic E-state index is 12.5. The average molecular weight is 469 g/mol. The lowest BCUT2D eigenvalue weighted by Gasteiger charge is -2.32. The Labute approximate surface area is 197 Å². The number of aryl methyl sites for hydroxylation is 1. The number of nitrogens with zero attached hydrogens (tertiary/aromatic N) is 2. The molecule has 1 aliphatic heterocycles. The zero-order chi connectivity index (χ0) is 23.2. The summed E-state index contributed by atoms with van der Waals surface area (Å²) in [5, 5.41) is 8.15. The number of furan rings is 1. The van der Waals surface area contributed by atoms with Crippen LogP contribution in [0.3, 0.4) is 0 Å². The van der Waals surface area contributed by atoms with Crippen LogP contribution in [-0.2, 0) is 17.8 Å². The van der Waals surface area contributed by atoms with Crippen LogP contribution in [0.5, 0.6) is 5.75 Å². The number of methoxy groups -OCH3 is 1. The Hall–Kier alpha value is -3.17. The predicted octanol–water partition coefficient (Wildman–Crippen LogP) is 3.63. The first kappa shape index (κ1) is 23.0. The fraction of sp³-hybridized carbons (Fsp3) is 0.375. The predicted molar refractivity (Wildman–Crippen MR) is 127 cm³/mol. The van der Waals surface area contributed by atoms with Gasteiger partial charge in [0, 0.05) is 31.1 Å². The van der Waals surface area contributed by atoms with Crippen LogP contribution in [0, 0.1) is 6.92 Å². The lowest BCUT2D eigenvalue weighted by molar-refractivity contribution is -0.121. The van der Waals surface area contributed by atoms with Gasteiger partial charge in [0.2, 0.25) is 5.91 Å². The van der Waals surface area contributed by atoms with Crippen LogP contribution in [0.15, 0.2) is 46.4 Å². The number of carbonyl (C=O) groups is 2. The molecule has 2 N–H and O–H groups in total. The number of piperidine rings is 1. The molecule has 1 aliphatic rings. The number of ether oxygens (including phenoxy) is 1. The van der Waals surface area contributed by atoms with E-state index in [0.717, 1.165) is 38.2 Å². The van der Waals surface area contributed by atoms with Gasteiger partial charge in [-0.1, -0.05) is 12.1 Å². The van der Waals surface area contributed by atoms with Gasteiger partial charge >= 0.3 is 0 Å². The molecule has 3 aromatic rings. The van der Waals surface area contributed by atoms with Crippen molar-refractivity contribution < 1.29 is 18.7 Å². The van der Waals surface area contributed by atoms with Crippen LogP contribution >= 0.6 is 11.3 Å². The number of hydrogen-bond donors (Lipinski definition) is 2. The lowest BCUT2D eigenvalue weighted by atomic mass is 10.0. The number of benzene rings is 1. The molecular formula is C24H28N4O4S. The van der Waals surface area contributed by atoms with Crippen LogP contribution in [0.2, 0.25) is 0 Å². The topological polar surface area (TPSA) is 96.7 Å². The number of hydrogen-bond acceptors (Lipinski definition) is 7. The Morgan fingerprint density at radius 2 is 2.09 bits per heavy atom. The number of thiazole rings is 1. The summed E-state index contributed by atoms with van der Waals surface area (Å²) in [4.78, 5) is 31.6. The van der Waals surface area contributed by atoms with Gasteiger partial charge in [0.25, 0.3) is 5.91 Å². The highest BCUT2D eigenvalue weighted by Crippen LogP contribution is 2.20. The number of amides is 2. The molecule has 174 valence electrons. The van der Waals surface area contributed by atoms with Crippen molar-refractivity contribution in [2.45, 2.75) is 38.8 Å². The third kappa shape index (κ3) is 6.21. The molecule has 3 heterocycles. The molecule has 0 atom stereocenters. The fourth-order valence-corrected chi connectivity index (χ4v) is 4.64. The fourth-order valence-electron chi connectivity index (χ4n) is 3.94. The molecule has 0 saturated carbocycles. The SMILES string of the molecule is COc1cccc(CN2CCC(NC(=O)Cc3csc(NC(=O)c4ccoc4C)n3)CC2)c1. The van der Waals surface area contributed by atoms with Gasteiger partial charge in [0.05, 0.1) is 31.1 Å². The molecule has 0 radical (unpaired) electrons. The summed E-state index contributed by atoms with van der Waals surface area (Å²) in [6.07, 6.45) is 3.50. The Bertz CT molecular complexity index is 1100. The lowest BCUT2D eigenvalue weighted by Crippen LogP contribution is -2.44. The van der Waals surface area contributed by atoms with Gasteiger partial charge in [-0.15, -0.1) is 11.3 Å². The molecule has 0 unspecified atom stereocenters. The van der Waals surface area contributed by atoms with Crippen molar-refractivity contribution in [1.29, 1.82) is 0 Å². The minimum absolute atomic E-state index is 0.0462. The van der Waals surface area contributed by atoms with Crippen LogP contribution in [0.25, 0.3) is 0 Å². The second-order valence-electron chi connectivity index (χ2n) is 8.13. The van der Waals surface area contributed by atoms with Crippen molar-refractivity contribution in [3.05, 3.63) is 64.6 Å². The second-order valence-corrected chi connectivity index (χ2v) is 8.99. The monoisotopic (exact) mass is 468 g/mol. The number of nitrogens with one attached hydrogen (secondary N) is 2. The highest BCUT2D eigenvalue weighted by molar-refractivity contribution is 7.14. The first-order valence-corrected chi connectivity index (χ1v) is 11.8. The molecule has 0 aliphatic carbocycles. The molecule has 33 heavy (non-hydrogen) atoms. The zero-order valence-corrected chi connectivity index (χ0v) is 19.6. The summed E-state index contributed by atoms with van der Waals surface area (Å²) in [5.74, 6) is 1.11. The van der Waals surface area contributed by atoms with E-state index in [1.807, 2.05) is 12.1 Å². The van der Waals surface area contributed by atoms with E-state index in [-0.39, 0.29) is 24.3 Å². The molecule has 1 fully saturated rings. The minimum atomic E-state index is -0.271. The first-order valence-electron chi connectivity index (χ1n) is 10.9. The van der Waals surface area contributed by atoms with Gasteiger partial charge in [0.15, 0.2) is 5.13 Å². The van der Waals surface area contributed by atoms with Crippen LogP contribution in [0.1, 0.15) is 40.2 Å². The van der Waals surface area contributed by atoms with E-state index in [0.29, 0.717) is 22.1 Å². The first-order chi connectivity index (χ1) is 16.0. The van der Waals surface area contributed by atoms with Crippen molar-refractivity contribution >= 4 is 28.3 Å². The van der Waals surface area contributed by atoms with E-state index in [2.05, 4.69) is 32.7 Å². The summed E-state index contributed by atoms with van der Waals surface area (Å²) in [5.41, 5.74) is 2.35. The van der Waals surface area contributed by atoms with Crippen LogP contribution in [0.4, 0.5) is 5.13 Å². The van der Waals surface area contributed by atoms with Crippen LogP contribution in [-0.4, -0.2) is 47.9 Å². The molecule has 4 rings (SSSR count). The van der Waals surface area contributed by atoms with E-state index in [9.17, 15) is 9.59 Å². The van der Waals surface area contributed by atoms with Gasteiger partial charge in [-0.25, -0.2) is 4.98 Å². The van der Waals surface area contributed by atoms with E-state index in [1.165, 1.54) is 23.2 Å². The molecule has 0 spiro atoms. The molecule has 1 aromatic carbocycles. The Balaban J connectivity index is 1.21. The summed E-state index contributed by atoms with van der Waals surface area (Å²) >= 11 is 1.30. The van der Waals surface area contributed by atoms with E-state index in [1.54, 1.807) is 25.5 Å². The average Bonchev–Trinajstić information content (AvgIpc) is 3.43. The molecule has 9 heteroatoms. The number of likely N-dealkylation sites (tertiary alicyclic amines) is 1. The Morgan fingerprint density at radius 1 is 1.27 bits per heavy atom. The van der Waals surface area contributed by atoms with Gasteiger partial charge in [0.1, 0.15) is 11.5 Å². The van der Waals surface area contributed by atoms with Crippen molar-refractivity contribution in [2.24, 2.45) is 0 Å². The maximum Gasteiger partial charge on any atom is 0.260 e. The normalized spacial score (nSPS) is 14.7. The Kier molecular flexibility index (Phi) is 7.41. The third-order valence-corrected chi connectivity index (χ3v) is 6.52. The quantitative estimate of drug-likeness (QED) is 0.524. The standard InChI is InChI=1S/C24H28N4O4S/c1-16-21(8-11-32-16)23(30)27-24-26-19(15-33-24)13-22(29)25-18-6-9-28(10-7-18)14-17-4-3-5-20(12-17)31-2/h3-5,8,11-12,15,18H,6-7,9-10,13-14H2,1-2H3,(H,25,29)(H,26,27,30). The molecule has 2 aromatic heterocycles. The summed E-state index contributed by atoms with van der Waals surface area (Å²) in [6.45, 7) is 4.48. The Morgan fingerprint density at radius 3 is 2.82 bits per heavy atom. The van der Waals surface area contributed by atoms with Gasteiger partial charge in [-0.05, 0) is 43.5 Å². The number of rotatable bonds is 8. The highest BCUT2D eigenvalue weighted by Gasteiger charge is 2.21. The van der Waals surface area contributed by atoms with Crippen molar-refractivity contribution in [3.8, 4) is 5.75 Å². The molecule has 8 nitrogen and oxygen atoms in total. The smallest absolute Gasteiger partial charge is 0.260 e. The second kappa shape index (κ2) is 10.6. The van der Waals surface area contributed by atoms with E-state index in [4.69, 9.17) is 9.15 Å². The van der Waals surface area contributed by atoms with Gasteiger partial charge in [-0.3, -0.25) is 19.8 Å². The van der Waals surface area contributed by atoms with E-state index < -0.39 is 0 Å². The largest absolute Gasteiger partial charge is 0.497 e. The summed E-state index contributed by atoms with van der Waals surface area (Å²) < 4.78 is 10.5. The van der Waals surface area contributed by atoms with Crippen molar-refractivity contribution in [3.63, 3.8) is 0 Å². The molecular weight excluding hydrogens is 440 g/mol. The number of aromatic nitrogens is 1. The van der Waals surface area contributed by atoms with Gasteiger partial charge < -0.3 is 14.5 Å². The highest BCUT2D eigenvalue weighted by atomic mass is 32.1. The minimum Gasteiger partial charge on any atom is -0.497 e. The zero-order valence-electron chi connectivity index (χ0n) is 18.8. The van der Waals surface area contributed by atoms with Crippen molar-refractivity contribution in [2.75, 3.05) is 25.5 Å². The molecule has 0 bridgehead atoms. The summed E-state index contributed by atoms with van der Waals surface area (Å²) in [6, 6.07) is 9.92. The van der Waals surface area contributed by atoms with E-state index >= 15 is 0 Å². The molecule has 2 amide bonds.